The minimum absolute atomic E-state index is 0.0632. The number of ether oxygens (including phenoxy) is 2. The summed E-state index contributed by atoms with van der Waals surface area (Å²) in [6, 6.07) is 14.9. The summed E-state index contributed by atoms with van der Waals surface area (Å²) in [7, 11) is 1.61. The molecule has 0 aromatic heterocycles. The van der Waals surface area contributed by atoms with Gasteiger partial charge in [-0.25, -0.2) is 0 Å². The maximum atomic E-state index is 12.5. The van der Waals surface area contributed by atoms with E-state index in [0.29, 0.717) is 25.4 Å². The highest BCUT2D eigenvalue weighted by atomic mass is 16.5. The van der Waals surface area contributed by atoms with Crippen molar-refractivity contribution in [3.63, 3.8) is 0 Å². The van der Waals surface area contributed by atoms with E-state index in [1.807, 2.05) is 55.5 Å². The lowest BCUT2D eigenvalue weighted by Crippen LogP contribution is -2.32. The molecule has 1 unspecified atom stereocenters. The molecule has 1 heterocycles. The number of anilines is 1. The Morgan fingerprint density at radius 2 is 1.93 bits per heavy atom. The van der Waals surface area contributed by atoms with Gasteiger partial charge in [-0.3, -0.25) is 9.59 Å². The molecule has 1 saturated heterocycles. The Balaban J connectivity index is 1.62. The summed E-state index contributed by atoms with van der Waals surface area (Å²) >= 11 is 0. The molecule has 6 heteroatoms. The van der Waals surface area contributed by atoms with Crippen LogP contribution in [0.15, 0.2) is 48.5 Å². The Labute approximate surface area is 159 Å². The molecular formula is C21H24N2O4. The molecule has 27 heavy (non-hydrogen) atoms. The SMILES string of the molecule is CCOc1ccccc1N1CC(C(=O)NCc2ccc(OC)cc2)CC1=O. The predicted octanol–water partition coefficient (Wildman–Crippen LogP) is 2.76. The van der Waals surface area contributed by atoms with Crippen molar-refractivity contribution in [2.75, 3.05) is 25.2 Å². The summed E-state index contributed by atoms with van der Waals surface area (Å²) in [5.41, 5.74) is 1.70. The number of amides is 2. The number of benzene rings is 2. The molecule has 2 aromatic rings. The van der Waals surface area contributed by atoms with E-state index in [9.17, 15) is 9.59 Å². The van der Waals surface area contributed by atoms with Gasteiger partial charge >= 0.3 is 0 Å². The largest absolute Gasteiger partial charge is 0.497 e. The van der Waals surface area contributed by atoms with Crippen LogP contribution in [0.5, 0.6) is 11.5 Å². The molecule has 0 aliphatic carbocycles. The van der Waals surface area contributed by atoms with E-state index in [4.69, 9.17) is 9.47 Å². The first-order valence-electron chi connectivity index (χ1n) is 9.05. The first kappa shape index (κ1) is 18.8. The van der Waals surface area contributed by atoms with Crippen LogP contribution in [0.1, 0.15) is 18.9 Å². The van der Waals surface area contributed by atoms with E-state index in [-0.39, 0.29) is 24.2 Å². The third-order valence-corrected chi connectivity index (χ3v) is 4.58. The number of hydrogen-bond acceptors (Lipinski definition) is 4. The van der Waals surface area contributed by atoms with Crippen LogP contribution in [0.25, 0.3) is 0 Å². The number of hydrogen-bond donors (Lipinski definition) is 1. The van der Waals surface area contributed by atoms with Crippen LogP contribution in [0, 0.1) is 5.92 Å². The number of nitrogens with zero attached hydrogens (tertiary/aromatic N) is 1. The van der Waals surface area contributed by atoms with Gasteiger partial charge in [0, 0.05) is 19.5 Å². The molecular weight excluding hydrogens is 344 g/mol. The zero-order valence-electron chi connectivity index (χ0n) is 15.6. The lowest BCUT2D eigenvalue weighted by Gasteiger charge is -2.20. The zero-order chi connectivity index (χ0) is 19.2. The number of carbonyl (C=O) groups is 2. The molecule has 0 radical (unpaired) electrons. The molecule has 1 aliphatic rings. The molecule has 1 atom stereocenters. The van der Waals surface area contributed by atoms with E-state index >= 15 is 0 Å². The van der Waals surface area contributed by atoms with Gasteiger partial charge in [0.15, 0.2) is 0 Å². The molecule has 3 rings (SSSR count). The van der Waals surface area contributed by atoms with Gasteiger partial charge in [-0.1, -0.05) is 24.3 Å². The van der Waals surface area contributed by atoms with Crippen molar-refractivity contribution in [2.45, 2.75) is 19.9 Å². The minimum atomic E-state index is -0.370. The number of carbonyl (C=O) groups excluding carboxylic acids is 2. The Morgan fingerprint density at radius 3 is 2.63 bits per heavy atom. The van der Waals surface area contributed by atoms with Crippen LogP contribution < -0.4 is 19.7 Å². The number of nitrogens with one attached hydrogen (secondary N) is 1. The van der Waals surface area contributed by atoms with Crippen LogP contribution in [-0.2, 0) is 16.1 Å². The Bertz CT molecular complexity index is 804. The molecule has 6 nitrogen and oxygen atoms in total. The van der Waals surface area contributed by atoms with Crippen LogP contribution in [-0.4, -0.2) is 32.1 Å². The molecule has 0 saturated carbocycles. The number of methoxy groups -OCH3 is 1. The van der Waals surface area contributed by atoms with E-state index in [1.54, 1.807) is 12.0 Å². The monoisotopic (exact) mass is 368 g/mol. The molecule has 142 valence electrons. The second-order valence-corrected chi connectivity index (χ2v) is 6.37. The van der Waals surface area contributed by atoms with E-state index in [0.717, 1.165) is 17.0 Å². The van der Waals surface area contributed by atoms with Crippen LogP contribution in [0.3, 0.4) is 0 Å². The molecule has 1 N–H and O–H groups in total. The van der Waals surface area contributed by atoms with Crippen molar-refractivity contribution >= 4 is 17.5 Å². The molecule has 1 aliphatic heterocycles. The van der Waals surface area contributed by atoms with Gasteiger partial charge < -0.3 is 19.7 Å². The van der Waals surface area contributed by atoms with Crippen LogP contribution in [0.2, 0.25) is 0 Å². The molecule has 1 fully saturated rings. The fourth-order valence-corrected chi connectivity index (χ4v) is 3.15. The average molecular weight is 368 g/mol. The van der Waals surface area contributed by atoms with Gasteiger partial charge in [0.05, 0.1) is 25.3 Å². The van der Waals surface area contributed by atoms with Gasteiger partial charge in [0.2, 0.25) is 11.8 Å². The standard InChI is InChI=1S/C21H24N2O4/c1-3-27-19-7-5-4-6-18(19)23-14-16(12-20(23)24)21(25)22-13-15-8-10-17(26-2)11-9-15/h4-11,16H,3,12-14H2,1-2H3,(H,22,25). The molecule has 2 amide bonds. The highest BCUT2D eigenvalue weighted by molar-refractivity contribution is 6.01. The van der Waals surface area contributed by atoms with E-state index in [2.05, 4.69) is 5.32 Å². The summed E-state index contributed by atoms with van der Waals surface area (Å²) in [5.74, 6) is 0.885. The van der Waals surface area contributed by atoms with Crippen molar-refractivity contribution < 1.29 is 19.1 Å². The van der Waals surface area contributed by atoms with Gasteiger partial charge in [0.25, 0.3) is 0 Å². The fourth-order valence-electron chi connectivity index (χ4n) is 3.15. The smallest absolute Gasteiger partial charge is 0.227 e. The molecule has 0 bridgehead atoms. The van der Waals surface area contributed by atoms with Crippen molar-refractivity contribution in [1.82, 2.24) is 5.32 Å². The quantitative estimate of drug-likeness (QED) is 0.816. The van der Waals surface area contributed by atoms with Gasteiger partial charge in [-0.2, -0.15) is 0 Å². The molecule has 0 spiro atoms. The van der Waals surface area contributed by atoms with Crippen molar-refractivity contribution in [2.24, 2.45) is 5.92 Å². The lowest BCUT2D eigenvalue weighted by molar-refractivity contribution is -0.126. The first-order chi connectivity index (χ1) is 13.1. The fraction of sp³-hybridized carbons (Fsp3) is 0.333. The molecule has 2 aromatic carbocycles. The maximum Gasteiger partial charge on any atom is 0.227 e. The van der Waals surface area contributed by atoms with Gasteiger partial charge in [-0.15, -0.1) is 0 Å². The van der Waals surface area contributed by atoms with E-state index in [1.165, 1.54) is 0 Å². The van der Waals surface area contributed by atoms with Gasteiger partial charge in [-0.05, 0) is 36.8 Å². The average Bonchev–Trinajstić information content (AvgIpc) is 3.09. The van der Waals surface area contributed by atoms with Gasteiger partial charge in [0.1, 0.15) is 11.5 Å². The predicted molar refractivity (Wildman–Crippen MR) is 103 cm³/mol. The normalized spacial score (nSPS) is 16.3. The first-order valence-corrected chi connectivity index (χ1v) is 9.05. The maximum absolute atomic E-state index is 12.5. The Kier molecular flexibility index (Phi) is 5.96. The second-order valence-electron chi connectivity index (χ2n) is 6.37. The second kappa shape index (κ2) is 8.58. The third kappa shape index (κ3) is 4.39. The van der Waals surface area contributed by atoms with Crippen LogP contribution in [0.4, 0.5) is 5.69 Å². The van der Waals surface area contributed by atoms with Crippen molar-refractivity contribution in [1.29, 1.82) is 0 Å². The summed E-state index contributed by atoms with van der Waals surface area (Å²) in [5, 5.41) is 2.92. The lowest BCUT2D eigenvalue weighted by atomic mass is 10.1. The minimum Gasteiger partial charge on any atom is -0.497 e. The van der Waals surface area contributed by atoms with Crippen LogP contribution >= 0.6 is 0 Å². The summed E-state index contributed by atoms with van der Waals surface area (Å²) in [6.45, 7) is 3.20. The van der Waals surface area contributed by atoms with Crippen molar-refractivity contribution in [3.8, 4) is 11.5 Å². The third-order valence-electron chi connectivity index (χ3n) is 4.58. The number of rotatable bonds is 7. The summed E-state index contributed by atoms with van der Waals surface area (Å²) in [6.07, 6.45) is 0.203. The topological polar surface area (TPSA) is 67.9 Å². The van der Waals surface area contributed by atoms with E-state index < -0.39 is 0 Å². The summed E-state index contributed by atoms with van der Waals surface area (Å²) in [4.78, 5) is 26.6. The highest BCUT2D eigenvalue weighted by Crippen LogP contribution is 2.33. The number of para-hydroxylation sites is 2. The Hall–Kier alpha value is -3.02. The zero-order valence-corrected chi connectivity index (χ0v) is 15.6. The highest BCUT2D eigenvalue weighted by Gasteiger charge is 2.36. The summed E-state index contributed by atoms with van der Waals surface area (Å²) < 4.78 is 10.7. The Morgan fingerprint density at radius 1 is 1.19 bits per heavy atom. The van der Waals surface area contributed by atoms with Crippen molar-refractivity contribution in [3.05, 3.63) is 54.1 Å².